The Balaban J connectivity index is 2.36. The van der Waals surface area contributed by atoms with Crippen LogP contribution in [0.2, 0.25) is 0 Å². The molecule has 1 aromatic rings. The monoisotopic (exact) mass is 246 g/mol. The molecule has 1 fully saturated rings. The highest BCUT2D eigenvalue weighted by molar-refractivity contribution is 5.33. The van der Waals surface area contributed by atoms with Gasteiger partial charge in [-0.3, -0.25) is 4.90 Å². The Labute approximate surface area is 111 Å². The molecule has 1 saturated heterocycles. The number of likely N-dealkylation sites (tertiary alicyclic amines) is 1. The molecule has 1 aliphatic rings. The van der Waals surface area contributed by atoms with Crippen LogP contribution in [-0.4, -0.2) is 23.5 Å². The van der Waals surface area contributed by atoms with Crippen LogP contribution in [0, 0.1) is 13.8 Å². The molecule has 0 aromatic heterocycles. The third-order valence-corrected chi connectivity index (χ3v) is 4.36. The smallest absolute Gasteiger partial charge is 0.0478 e. The van der Waals surface area contributed by atoms with Gasteiger partial charge >= 0.3 is 0 Å². The van der Waals surface area contributed by atoms with E-state index in [1.807, 2.05) is 0 Å². The summed E-state index contributed by atoms with van der Waals surface area (Å²) in [7, 11) is 0. The zero-order valence-electron chi connectivity index (χ0n) is 12.2. The Kier molecular flexibility index (Phi) is 3.79. The highest BCUT2D eigenvalue weighted by Crippen LogP contribution is 2.37. The van der Waals surface area contributed by atoms with Gasteiger partial charge in [-0.2, -0.15) is 0 Å². The minimum Gasteiger partial charge on any atom is -0.329 e. The first kappa shape index (κ1) is 13.6. The van der Waals surface area contributed by atoms with Crippen LogP contribution >= 0.6 is 0 Å². The van der Waals surface area contributed by atoms with Crippen molar-refractivity contribution in [3.63, 3.8) is 0 Å². The Morgan fingerprint density at radius 3 is 2.61 bits per heavy atom. The molecule has 1 aliphatic heterocycles. The lowest BCUT2D eigenvalue weighted by Gasteiger charge is -2.39. The molecule has 0 saturated carbocycles. The first-order valence-corrected chi connectivity index (χ1v) is 6.99. The molecule has 1 heterocycles. The van der Waals surface area contributed by atoms with Crippen molar-refractivity contribution in [2.45, 2.75) is 52.1 Å². The molecule has 2 nitrogen and oxygen atoms in total. The van der Waals surface area contributed by atoms with E-state index in [0.717, 1.165) is 0 Å². The summed E-state index contributed by atoms with van der Waals surface area (Å²) in [5.74, 6) is 0. The van der Waals surface area contributed by atoms with Crippen LogP contribution in [0.4, 0.5) is 0 Å². The van der Waals surface area contributed by atoms with Gasteiger partial charge in [0, 0.05) is 18.1 Å². The van der Waals surface area contributed by atoms with Gasteiger partial charge in [0.25, 0.3) is 0 Å². The van der Waals surface area contributed by atoms with Crippen molar-refractivity contribution in [2.75, 3.05) is 13.1 Å². The van der Waals surface area contributed by atoms with Gasteiger partial charge in [-0.15, -0.1) is 0 Å². The first-order valence-electron chi connectivity index (χ1n) is 6.99. The van der Waals surface area contributed by atoms with Crippen LogP contribution < -0.4 is 5.73 Å². The van der Waals surface area contributed by atoms with Crippen molar-refractivity contribution in [3.8, 4) is 0 Å². The lowest BCUT2D eigenvalue weighted by molar-refractivity contribution is 0.119. The molecular formula is C16H26N2. The quantitative estimate of drug-likeness (QED) is 0.887. The summed E-state index contributed by atoms with van der Waals surface area (Å²) in [6.07, 6.45) is 2.56. The van der Waals surface area contributed by atoms with E-state index < -0.39 is 0 Å². The molecule has 1 atom stereocenters. The summed E-state index contributed by atoms with van der Waals surface area (Å²) in [5.41, 5.74) is 10.5. The van der Waals surface area contributed by atoms with Crippen LogP contribution in [0.15, 0.2) is 18.2 Å². The van der Waals surface area contributed by atoms with Crippen molar-refractivity contribution in [1.82, 2.24) is 4.90 Å². The average molecular weight is 246 g/mol. The molecule has 1 aromatic carbocycles. The average Bonchev–Trinajstić information content (AvgIpc) is 2.65. The van der Waals surface area contributed by atoms with Gasteiger partial charge in [0.1, 0.15) is 0 Å². The van der Waals surface area contributed by atoms with E-state index in [0.29, 0.717) is 12.6 Å². The molecule has 0 amide bonds. The minimum absolute atomic E-state index is 0.278. The lowest BCUT2D eigenvalue weighted by atomic mass is 9.94. The summed E-state index contributed by atoms with van der Waals surface area (Å²) in [4.78, 5) is 2.59. The minimum atomic E-state index is 0.278. The normalized spacial score (nSPS) is 21.2. The fourth-order valence-electron chi connectivity index (χ4n) is 3.25. The second kappa shape index (κ2) is 5.02. The maximum atomic E-state index is 6.08. The summed E-state index contributed by atoms with van der Waals surface area (Å²) in [6.45, 7) is 10.9. The summed E-state index contributed by atoms with van der Waals surface area (Å²) < 4.78 is 0. The molecule has 100 valence electrons. The standard InChI is InChI=1S/C16H26N2/c1-12-6-7-13(2)14(10-12)15(11-17)18-9-5-8-16(18,3)4/h6-7,10,15H,5,8-9,11,17H2,1-4H3. The number of rotatable bonds is 3. The van der Waals surface area contributed by atoms with Crippen LogP contribution in [0.25, 0.3) is 0 Å². The summed E-state index contributed by atoms with van der Waals surface area (Å²) in [5, 5.41) is 0. The van der Waals surface area contributed by atoms with Crippen molar-refractivity contribution in [1.29, 1.82) is 0 Å². The molecule has 0 radical (unpaired) electrons. The molecule has 0 aliphatic carbocycles. The van der Waals surface area contributed by atoms with E-state index >= 15 is 0 Å². The van der Waals surface area contributed by atoms with Gasteiger partial charge in [-0.25, -0.2) is 0 Å². The molecule has 2 rings (SSSR count). The van der Waals surface area contributed by atoms with Gasteiger partial charge in [-0.1, -0.05) is 23.8 Å². The van der Waals surface area contributed by atoms with Crippen LogP contribution in [0.3, 0.4) is 0 Å². The molecule has 1 unspecified atom stereocenters. The predicted molar refractivity (Wildman–Crippen MR) is 77.7 cm³/mol. The van der Waals surface area contributed by atoms with E-state index in [1.54, 1.807) is 0 Å². The van der Waals surface area contributed by atoms with Gasteiger partial charge in [0.2, 0.25) is 0 Å². The molecule has 2 N–H and O–H groups in total. The Morgan fingerprint density at radius 1 is 1.33 bits per heavy atom. The number of benzene rings is 1. The first-order chi connectivity index (χ1) is 8.45. The second-order valence-corrected chi connectivity index (χ2v) is 6.22. The topological polar surface area (TPSA) is 29.3 Å². The van der Waals surface area contributed by atoms with E-state index in [4.69, 9.17) is 5.73 Å². The predicted octanol–water partition coefficient (Wildman–Crippen LogP) is 3.18. The largest absolute Gasteiger partial charge is 0.329 e. The maximum Gasteiger partial charge on any atom is 0.0478 e. The van der Waals surface area contributed by atoms with Crippen molar-refractivity contribution in [3.05, 3.63) is 34.9 Å². The Bertz CT molecular complexity index is 423. The second-order valence-electron chi connectivity index (χ2n) is 6.22. The molecule has 2 heteroatoms. The molecule has 18 heavy (non-hydrogen) atoms. The Hall–Kier alpha value is -0.860. The fraction of sp³-hybridized carbons (Fsp3) is 0.625. The van der Waals surface area contributed by atoms with Crippen molar-refractivity contribution < 1.29 is 0 Å². The lowest BCUT2D eigenvalue weighted by Crippen LogP contribution is -2.43. The molecule has 0 spiro atoms. The summed E-state index contributed by atoms with van der Waals surface area (Å²) >= 11 is 0. The number of nitrogens with two attached hydrogens (primary N) is 1. The highest BCUT2D eigenvalue weighted by atomic mass is 15.2. The number of aryl methyl sites for hydroxylation is 2. The van der Waals surface area contributed by atoms with Gasteiger partial charge in [0.15, 0.2) is 0 Å². The number of hydrogen-bond acceptors (Lipinski definition) is 2. The van der Waals surface area contributed by atoms with Gasteiger partial charge in [0.05, 0.1) is 0 Å². The van der Waals surface area contributed by atoms with Crippen LogP contribution in [0.5, 0.6) is 0 Å². The van der Waals surface area contributed by atoms with Gasteiger partial charge in [-0.05, 0) is 58.2 Å². The molecular weight excluding hydrogens is 220 g/mol. The molecule has 0 bridgehead atoms. The van der Waals surface area contributed by atoms with Crippen molar-refractivity contribution in [2.24, 2.45) is 5.73 Å². The third kappa shape index (κ3) is 2.45. The number of hydrogen-bond donors (Lipinski definition) is 1. The zero-order valence-corrected chi connectivity index (χ0v) is 12.2. The maximum absolute atomic E-state index is 6.08. The van der Waals surface area contributed by atoms with Crippen LogP contribution in [0.1, 0.15) is 49.4 Å². The Morgan fingerprint density at radius 2 is 2.06 bits per heavy atom. The summed E-state index contributed by atoms with van der Waals surface area (Å²) in [6, 6.07) is 7.07. The third-order valence-electron chi connectivity index (χ3n) is 4.36. The van der Waals surface area contributed by atoms with E-state index in [1.165, 1.54) is 36.1 Å². The van der Waals surface area contributed by atoms with Crippen LogP contribution in [-0.2, 0) is 0 Å². The van der Waals surface area contributed by atoms with E-state index in [2.05, 4.69) is 50.8 Å². The van der Waals surface area contributed by atoms with Crippen molar-refractivity contribution >= 4 is 0 Å². The highest BCUT2D eigenvalue weighted by Gasteiger charge is 2.37. The number of nitrogens with zero attached hydrogens (tertiary/aromatic N) is 1. The van der Waals surface area contributed by atoms with E-state index in [-0.39, 0.29) is 5.54 Å². The van der Waals surface area contributed by atoms with Gasteiger partial charge < -0.3 is 5.73 Å². The SMILES string of the molecule is Cc1ccc(C)c(C(CN)N2CCCC2(C)C)c1. The zero-order chi connectivity index (χ0) is 13.3. The van der Waals surface area contributed by atoms with E-state index in [9.17, 15) is 0 Å². The fourth-order valence-corrected chi connectivity index (χ4v) is 3.25.